The van der Waals surface area contributed by atoms with Gasteiger partial charge in [0.15, 0.2) is 0 Å². The fraction of sp³-hybridized carbons (Fsp3) is 0.250. The molecule has 1 aromatic heterocycles. The van der Waals surface area contributed by atoms with Crippen molar-refractivity contribution in [3.05, 3.63) is 95.2 Å². The van der Waals surface area contributed by atoms with Gasteiger partial charge in [0.2, 0.25) is 0 Å². The second-order valence-electron chi connectivity index (χ2n) is 9.28. The van der Waals surface area contributed by atoms with Crippen molar-refractivity contribution in [3.8, 4) is 0 Å². The fourth-order valence-electron chi connectivity index (χ4n) is 4.78. The minimum absolute atomic E-state index is 0.0223. The number of aromatic amines is 1. The minimum Gasteiger partial charge on any atom is -0.361 e. The molecule has 180 valence electrons. The summed E-state index contributed by atoms with van der Waals surface area (Å²) in [5.41, 5.74) is 5.42. The van der Waals surface area contributed by atoms with Crippen molar-refractivity contribution in [2.24, 2.45) is 0 Å². The van der Waals surface area contributed by atoms with Crippen LogP contribution in [0, 0.1) is 13.8 Å². The van der Waals surface area contributed by atoms with E-state index in [0.717, 1.165) is 29.5 Å². The van der Waals surface area contributed by atoms with Crippen LogP contribution in [0.1, 0.15) is 45.8 Å². The van der Waals surface area contributed by atoms with Gasteiger partial charge in [0.1, 0.15) is 0 Å². The van der Waals surface area contributed by atoms with Crippen molar-refractivity contribution in [2.45, 2.75) is 37.5 Å². The minimum atomic E-state index is -3.70. The molecule has 0 unspecified atom stereocenters. The molecule has 6 nitrogen and oxygen atoms in total. The number of carbonyl (C=O) groups is 1. The number of nitrogens with zero attached hydrogens (tertiary/aromatic N) is 1. The molecule has 0 aliphatic carbocycles. The Kier molecular flexibility index (Phi) is 6.11. The molecule has 2 heterocycles. The van der Waals surface area contributed by atoms with E-state index >= 15 is 0 Å². The lowest BCUT2D eigenvalue weighted by atomic mass is 9.89. The van der Waals surface area contributed by atoms with E-state index in [2.05, 4.69) is 34.1 Å². The Balaban J connectivity index is 1.23. The third-order valence-electron chi connectivity index (χ3n) is 7.02. The molecule has 1 saturated heterocycles. The van der Waals surface area contributed by atoms with Crippen LogP contribution in [-0.4, -0.2) is 37.3 Å². The topological polar surface area (TPSA) is 82.3 Å². The zero-order valence-corrected chi connectivity index (χ0v) is 20.7. The van der Waals surface area contributed by atoms with Gasteiger partial charge in [-0.1, -0.05) is 24.3 Å². The molecule has 2 N–H and O–H groups in total. The molecule has 1 aliphatic heterocycles. The number of amides is 1. The summed E-state index contributed by atoms with van der Waals surface area (Å²) in [6.45, 7) is 5.23. The van der Waals surface area contributed by atoms with Crippen molar-refractivity contribution in [2.75, 3.05) is 17.8 Å². The zero-order valence-electron chi connectivity index (χ0n) is 19.9. The number of aromatic nitrogens is 1. The van der Waals surface area contributed by atoms with Gasteiger partial charge in [-0.15, -0.1) is 0 Å². The van der Waals surface area contributed by atoms with Crippen LogP contribution in [0.25, 0.3) is 10.9 Å². The molecule has 3 aromatic carbocycles. The highest BCUT2D eigenvalue weighted by Crippen LogP contribution is 2.33. The lowest BCUT2D eigenvalue weighted by Gasteiger charge is -2.32. The Morgan fingerprint density at radius 2 is 1.66 bits per heavy atom. The maximum absolute atomic E-state index is 13.1. The number of sulfonamides is 1. The Morgan fingerprint density at radius 3 is 2.37 bits per heavy atom. The van der Waals surface area contributed by atoms with Gasteiger partial charge < -0.3 is 9.88 Å². The third-order valence-corrected chi connectivity index (χ3v) is 8.39. The highest BCUT2D eigenvalue weighted by atomic mass is 32.2. The van der Waals surface area contributed by atoms with Crippen LogP contribution < -0.4 is 4.72 Å². The first-order valence-corrected chi connectivity index (χ1v) is 13.4. The second-order valence-corrected chi connectivity index (χ2v) is 11.0. The third kappa shape index (κ3) is 4.68. The largest absolute Gasteiger partial charge is 0.361 e. The second kappa shape index (κ2) is 9.23. The maximum Gasteiger partial charge on any atom is 0.261 e. The lowest BCUT2D eigenvalue weighted by Crippen LogP contribution is -2.37. The predicted molar refractivity (Wildman–Crippen MR) is 139 cm³/mol. The summed E-state index contributed by atoms with van der Waals surface area (Å²) >= 11 is 0. The van der Waals surface area contributed by atoms with E-state index in [0.29, 0.717) is 30.3 Å². The predicted octanol–water partition coefficient (Wildman–Crippen LogP) is 5.61. The molecule has 4 aromatic rings. The quantitative estimate of drug-likeness (QED) is 0.384. The van der Waals surface area contributed by atoms with Gasteiger partial charge in [-0.25, -0.2) is 8.42 Å². The number of piperidine rings is 1. The maximum atomic E-state index is 13.1. The molecular formula is C28H29N3O3S. The number of aryl methyl sites for hydroxylation is 2. The Bertz CT molecular complexity index is 1480. The average Bonchev–Trinajstić information content (AvgIpc) is 3.30. The van der Waals surface area contributed by atoms with Gasteiger partial charge in [-0.3, -0.25) is 9.52 Å². The van der Waals surface area contributed by atoms with Gasteiger partial charge in [-0.2, -0.15) is 0 Å². The smallest absolute Gasteiger partial charge is 0.261 e. The molecule has 1 aliphatic rings. The first-order valence-electron chi connectivity index (χ1n) is 11.9. The summed E-state index contributed by atoms with van der Waals surface area (Å²) < 4.78 is 28.1. The van der Waals surface area contributed by atoms with E-state index in [9.17, 15) is 13.2 Å². The van der Waals surface area contributed by atoms with Crippen molar-refractivity contribution < 1.29 is 13.2 Å². The first-order chi connectivity index (χ1) is 16.8. The number of fused-ring (bicyclic) bond motifs is 1. The summed E-state index contributed by atoms with van der Waals surface area (Å²) in [6.07, 6.45) is 3.94. The van der Waals surface area contributed by atoms with E-state index in [1.807, 2.05) is 24.8 Å². The lowest BCUT2D eigenvalue weighted by molar-refractivity contribution is 0.0713. The molecule has 35 heavy (non-hydrogen) atoms. The van der Waals surface area contributed by atoms with Gasteiger partial charge in [0.25, 0.3) is 15.9 Å². The van der Waals surface area contributed by atoms with Crippen LogP contribution in [0.5, 0.6) is 0 Å². The van der Waals surface area contributed by atoms with Crippen LogP contribution >= 0.6 is 0 Å². The van der Waals surface area contributed by atoms with Crippen LogP contribution in [-0.2, 0) is 10.0 Å². The number of para-hydroxylation sites is 1. The highest BCUT2D eigenvalue weighted by Gasteiger charge is 2.26. The fourth-order valence-corrected chi connectivity index (χ4v) is 5.93. The van der Waals surface area contributed by atoms with Crippen LogP contribution in [0.4, 0.5) is 5.69 Å². The van der Waals surface area contributed by atoms with Crippen molar-refractivity contribution in [3.63, 3.8) is 0 Å². The number of anilines is 1. The van der Waals surface area contributed by atoms with E-state index in [1.54, 1.807) is 42.5 Å². The van der Waals surface area contributed by atoms with Gasteiger partial charge >= 0.3 is 0 Å². The van der Waals surface area contributed by atoms with Gasteiger partial charge in [0, 0.05) is 41.4 Å². The zero-order chi connectivity index (χ0) is 24.6. The molecule has 0 spiro atoms. The monoisotopic (exact) mass is 487 g/mol. The standard InChI is InChI=1S/C28H29N3O3S/c1-19-7-12-24(17-20(19)2)35(33,34)30-23-10-8-22(9-11-23)28(32)31-15-13-21(14-16-31)26-18-29-27-6-4-3-5-25(26)27/h3-12,17-18,21,29-30H,13-16H2,1-2H3. The van der Waals surface area contributed by atoms with Crippen LogP contribution in [0.15, 0.2) is 77.8 Å². The molecule has 0 bridgehead atoms. The number of carbonyl (C=O) groups excluding carboxylic acids is 1. The average molecular weight is 488 g/mol. The van der Waals surface area contributed by atoms with E-state index in [1.165, 1.54) is 10.9 Å². The number of hydrogen-bond donors (Lipinski definition) is 2. The molecule has 5 rings (SSSR count). The van der Waals surface area contributed by atoms with E-state index < -0.39 is 10.0 Å². The summed E-state index contributed by atoms with van der Waals surface area (Å²) in [6, 6.07) is 20.0. The van der Waals surface area contributed by atoms with E-state index in [4.69, 9.17) is 0 Å². The van der Waals surface area contributed by atoms with E-state index in [-0.39, 0.29) is 10.8 Å². The molecule has 1 amide bonds. The molecule has 7 heteroatoms. The number of rotatable bonds is 5. The van der Waals surface area contributed by atoms with Crippen molar-refractivity contribution >= 4 is 32.5 Å². The first kappa shape index (κ1) is 23.2. The molecule has 0 radical (unpaired) electrons. The number of likely N-dealkylation sites (tertiary alicyclic amines) is 1. The van der Waals surface area contributed by atoms with Gasteiger partial charge in [0.05, 0.1) is 4.90 Å². The van der Waals surface area contributed by atoms with Crippen molar-refractivity contribution in [1.29, 1.82) is 0 Å². The Hall–Kier alpha value is -3.58. The number of benzene rings is 3. The van der Waals surface area contributed by atoms with Crippen LogP contribution in [0.2, 0.25) is 0 Å². The van der Waals surface area contributed by atoms with Crippen LogP contribution in [0.3, 0.4) is 0 Å². The Morgan fingerprint density at radius 1 is 0.943 bits per heavy atom. The number of hydrogen-bond acceptors (Lipinski definition) is 3. The highest BCUT2D eigenvalue weighted by molar-refractivity contribution is 7.92. The summed E-state index contributed by atoms with van der Waals surface area (Å²) in [7, 11) is -3.70. The summed E-state index contributed by atoms with van der Waals surface area (Å²) in [5, 5.41) is 1.26. The molecule has 1 fully saturated rings. The molecule has 0 atom stereocenters. The summed E-state index contributed by atoms with van der Waals surface area (Å²) in [4.78, 5) is 18.5. The van der Waals surface area contributed by atoms with Crippen molar-refractivity contribution in [1.82, 2.24) is 9.88 Å². The SMILES string of the molecule is Cc1ccc(S(=O)(=O)Nc2ccc(C(=O)N3CCC(c4c[nH]c5ccccc45)CC3)cc2)cc1C. The number of nitrogens with one attached hydrogen (secondary N) is 2. The van der Waals surface area contributed by atoms with Gasteiger partial charge in [-0.05, 0) is 91.8 Å². The normalized spacial score (nSPS) is 14.9. The molecule has 0 saturated carbocycles. The number of H-pyrrole nitrogens is 1. The molecular weight excluding hydrogens is 458 g/mol. The summed E-state index contributed by atoms with van der Waals surface area (Å²) in [5.74, 6) is 0.406. The Labute approximate surface area is 206 Å².